The zero-order chi connectivity index (χ0) is 15.7. The summed E-state index contributed by atoms with van der Waals surface area (Å²) in [5.74, 6) is 0.0835. The first kappa shape index (κ1) is 14.6. The van der Waals surface area contributed by atoms with Gasteiger partial charge in [-0.15, -0.1) is 0 Å². The Hall–Kier alpha value is -2.37. The van der Waals surface area contributed by atoms with Crippen molar-refractivity contribution in [3.63, 3.8) is 0 Å². The number of hydrogen-bond donors (Lipinski definition) is 1. The molecule has 1 aromatic heterocycles. The Morgan fingerprint density at radius 2 is 2.00 bits per heavy atom. The van der Waals surface area contributed by atoms with Crippen LogP contribution in [0.25, 0.3) is 10.9 Å². The number of carboxylic acid groups (broad SMARTS) is 1. The number of piperidine rings is 1. The number of aromatic nitrogens is 2. The number of carboxylic acids is 1. The van der Waals surface area contributed by atoms with Crippen molar-refractivity contribution in [3.8, 4) is 0 Å². The van der Waals surface area contributed by atoms with E-state index < -0.39 is 5.97 Å². The van der Waals surface area contributed by atoms with Gasteiger partial charge >= 0.3 is 5.97 Å². The van der Waals surface area contributed by atoms with Crippen molar-refractivity contribution in [1.29, 1.82) is 0 Å². The van der Waals surface area contributed by atoms with E-state index >= 15 is 0 Å². The van der Waals surface area contributed by atoms with Crippen LogP contribution in [-0.2, 0) is 11.3 Å². The highest BCUT2D eigenvalue weighted by Gasteiger charge is 2.22. The predicted octanol–water partition coefficient (Wildman–Crippen LogP) is 1.72. The molecule has 0 amide bonds. The summed E-state index contributed by atoms with van der Waals surface area (Å²) in [6.45, 7) is 3.44. The van der Waals surface area contributed by atoms with Gasteiger partial charge < -0.3 is 10.0 Å². The van der Waals surface area contributed by atoms with E-state index in [9.17, 15) is 9.59 Å². The first-order chi connectivity index (χ1) is 10.6. The molecule has 0 spiro atoms. The molecule has 2 aromatic rings. The third-order valence-corrected chi connectivity index (χ3v) is 4.20. The molecule has 2 heterocycles. The molecule has 0 bridgehead atoms. The van der Waals surface area contributed by atoms with E-state index in [-0.39, 0.29) is 12.1 Å². The minimum absolute atomic E-state index is 0.290. The van der Waals surface area contributed by atoms with Crippen molar-refractivity contribution in [2.45, 2.75) is 26.3 Å². The zero-order valence-electron chi connectivity index (χ0n) is 12.5. The summed E-state index contributed by atoms with van der Waals surface area (Å²) >= 11 is 0. The van der Waals surface area contributed by atoms with Gasteiger partial charge in [0.2, 0.25) is 5.95 Å². The first-order valence-corrected chi connectivity index (χ1v) is 7.52. The Bertz CT molecular complexity index is 761. The number of aliphatic carboxylic acids is 1. The number of fused-ring (bicyclic) bond motifs is 1. The van der Waals surface area contributed by atoms with Crippen LogP contribution in [0.2, 0.25) is 0 Å². The number of hydrogen-bond acceptors (Lipinski definition) is 4. The van der Waals surface area contributed by atoms with Crippen LogP contribution in [0.4, 0.5) is 5.95 Å². The van der Waals surface area contributed by atoms with Gasteiger partial charge in [-0.05, 0) is 30.9 Å². The summed E-state index contributed by atoms with van der Waals surface area (Å²) in [6, 6.07) is 7.07. The van der Waals surface area contributed by atoms with Crippen molar-refractivity contribution in [2.24, 2.45) is 5.92 Å². The number of benzene rings is 1. The van der Waals surface area contributed by atoms with Crippen LogP contribution in [0.15, 0.2) is 29.1 Å². The summed E-state index contributed by atoms with van der Waals surface area (Å²) in [7, 11) is 0. The minimum Gasteiger partial charge on any atom is -0.480 e. The molecule has 1 fully saturated rings. The summed E-state index contributed by atoms with van der Waals surface area (Å²) < 4.78 is 1.28. The fraction of sp³-hybridized carbons (Fsp3) is 0.438. The Kier molecular flexibility index (Phi) is 3.83. The summed E-state index contributed by atoms with van der Waals surface area (Å²) in [5.41, 5.74) is 0.324. The number of anilines is 1. The lowest BCUT2D eigenvalue weighted by Crippen LogP contribution is -2.39. The Morgan fingerprint density at radius 3 is 2.68 bits per heavy atom. The van der Waals surface area contributed by atoms with E-state index in [1.54, 1.807) is 18.2 Å². The standard InChI is InChI=1S/C16H19N3O3/c1-11-6-8-18(9-7-11)16-17-13-5-3-2-4-12(13)15(22)19(16)10-14(20)21/h2-5,11H,6-10H2,1H3,(H,20,21). The lowest BCUT2D eigenvalue weighted by atomic mass is 10.00. The average molecular weight is 301 g/mol. The molecule has 0 atom stereocenters. The number of para-hydroxylation sites is 1. The molecule has 1 saturated heterocycles. The molecule has 0 unspecified atom stereocenters. The summed E-state index contributed by atoms with van der Waals surface area (Å²) in [5, 5.41) is 9.58. The van der Waals surface area contributed by atoms with Gasteiger partial charge in [-0.3, -0.25) is 14.2 Å². The van der Waals surface area contributed by atoms with Gasteiger partial charge in [0.05, 0.1) is 10.9 Å². The van der Waals surface area contributed by atoms with Crippen LogP contribution in [0.5, 0.6) is 0 Å². The van der Waals surface area contributed by atoms with Crippen LogP contribution in [0.3, 0.4) is 0 Å². The number of carbonyl (C=O) groups is 1. The van der Waals surface area contributed by atoms with Crippen LogP contribution >= 0.6 is 0 Å². The molecule has 1 aliphatic heterocycles. The second-order valence-electron chi connectivity index (χ2n) is 5.88. The zero-order valence-corrected chi connectivity index (χ0v) is 12.5. The van der Waals surface area contributed by atoms with Crippen molar-refractivity contribution in [3.05, 3.63) is 34.6 Å². The van der Waals surface area contributed by atoms with E-state index in [1.807, 2.05) is 11.0 Å². The molecule has 116 valence electrons. The molecule has 0 aliphatic carbocycles. The molecule has 1 aromatic carbocycles. The van der Waals surface area contributed by atoms with E-state index in [2.05, 4.69) is 11.9 Å². The summed E-state index contributed by atoms with van der Waals surface area (Å²) in [6.07, 6.45) is 2.05. The normalized spacial score (nSPS) is 16.1. The maximum atomic E-state index is 12.6. The van der Waals surface area contributed by atoms with E-state index in [1.165, 1.54) is 4.57 Å². The third-order valence-electron chi connectivity index (χ3n) is 4.20. The van der Waals surface area contributed by atoms with Crippen molar-refractivity contribution < 1.29 is 9.90 Å². The fourth-order valence-electron chi connectivity index (χ4n) is 2.88. The fourth-order valence-corrected chi connectivity index (χ4v) is 2.88. The number of rotatable bonds is 3. The van der Waals surface area contributed by atoms with Gasteiger partial charge in [0.1, 0.15) is 6.54 Å². The van der Waals surface area contributed by atoms with Gasteiger partial charge in [-0.1, -0.05) is 19.1 Å². The number of nitrogens with zero attached hydrogens (tertiary/aromatic N) is 3. The smallest absolute Gasteiger partial charge is 0.323 e. The molecule has 6 nitrogen and oxygen atoms in total. The summed E-state index contributed by atoms with van der Waals surface area (Å²) in [4.78, 5) is 30.4. The largest absolute Gasteiger partial charge is 0.480 e. The van der Waals surface area contributed by atoms with Gasteiger partial charge in [0.15, 0.2) is 0 Å². The monoisotopic (exact) mass is 301 g/mol. The first-order valence-electron chi connectivity index (χ1n) is 7.52. The van der Waals surface area contributed by atoms with E-state index in [4.69, 9.17) is 5.11 Å². The third kappa shape index (κ3) is 2.68. The van der Waals surface area contributed by atoms with E-state index in [0.717, 1.165) is 25.9 Å². The molecular formula is C16H19N3O3. The minimum atomic E-state index is -1.04. The van der Waals surface area contributed by atoms with Crippen LogP contribution in [0, 0.1) is 5.92 Å². The molecular weight excluding hydrogens is 282 g/mol. The van der Waals surface area contributed by atoms with Crippen LogP contribution in [0.1, 0.15) is 19.8 Å². The second kappa shape index (κ2) is 5.79. The maximum Gasteiger partial charge on any atom is 0.323 e. The molecule has 3 rings (SSSR count). The molecule has 6 heteroatoms. The van der Waals surface area contributed by atoms with Crippen molar-refractivity contribution in [1.82, 2.24) is 9.55 Å². The molecule has 1 aliphatic rings. The SMILES string of the molecule is CC1CCN(c2nc3ccccc3c(=O)n2CC(=O)O)CC1. The van der Waals surface area contributed by atoms with Gasteiger partial charge in [0.25, 0.3) is 5.56 Å². The topological polar surface area (TPSA) is 75.4 Å². The quantitative estimate of drug-likeness (QED) is 0.934. The highest BCUT2D eigenvalue weighted by Crippen LogP contribution is 2.22. The van der Waals surface area contributed by atoms with Gasteiger partial charge in [-0.2, -0.15) is 0 Å². The highest BCUT2D eigenvalue weighted by molar-refractivity contribution is 5.79. The van der Waals surface area contributed by atoms with Gasteiger partial charge in [-0.25, -0.2) is 4.98 Å². The van der Waals surface area contributed by atoms with Crippen molar-refractivity contribution in [2.75, 3.05) is 18.0 Å². The maximum absolute atomic E-state index is 12.6. The second-order valence-corrected chi connectivity index (χ2v) is 5.88. The predicted molar refractivity (Wildman–Crippen MR) is 84.2 cm³/mol. The molecule has 0 saturated carbocycles. The Morgan fingerprint density at radius 1 is 1.32 bits per heavy atom. The molecule has 1 N–H and O–H groups in total. The lowest BCUT2D eigenvalue weighted by molar-refractivity contribution is -0.137. The highest BCUT2D eigenvalue weighted by atomic mass is 16.4. The Labute approximate surface area is 128 Å². The Balaban J connectivity index is 2.14. The average Bonchev–Trinajstić information content (AvgIpc) is 2.50. The lowest BCUT2D eigenvalue weighted by Gasteiger charge is -2.32. The van der Waals surface area contributed by atoms with Crippen molar-refractivity contribution >= 4 is 22.8 Å². The van der Waals surface area contributed by atoms with Crippen LogP contribution < -0.4 is 10.5 Å². The van der Waals surface area contributed by atoms with E-state index in [0.29, 0.717) is 22.8 Å². The van der Waals surface area contributed by atoms with Gasteiger partial charge in [0, 0.05) is 13.1 Å². The molecule has 0 radical (unpaired) electrons. The molecule has 22 heavy (non-hydrogen) atoms. The van der Waals surface area contributed by atoms with Crippen LogP contribution in [-0.4, -0.2) is 33.7 Å².